The Labute approximate surface area is 196 Å². The van der Waals surface area contributed by atoms with E-state index in [1.807, 2.05) is 54.6 Å². The number of alkyl carbamates (subject to hydrolysis) is 1. The zero-order valence-corrected chi connectivity index (χ0v) is 19.7. The van der Waals surface area contributed by atoms with Gasteiger partial charge in [-0.2, -0.15) is 0 Å². The summed E-state index contributed by atoms with van der Waals surface area (Å²) in [6.45, 7) is 7.27. The molecule has 7 nitrogen and oxygen atoms in total. The monoisotopic (exact) mass is 455 g/mol. The third-order valence-electron chi connectivity index (χ3n) is 5.68. The number of aliphatic hydroxyl groups is 1. The fourth-order valence-electron chi connectivity index (χ4n) is 4.09. The van der Waals surface area contributed by atoms with Crippen LogP contribution in [0.1, 0.15) is 31.4 Å². The molecule has 3 atom stereocenters. The Balaban J connectivity index is 1.68. The molecule has 0 aromatic heterocycles. The van der Waals surface area contributed by atoms with E-state index in [2.05, 4.69) is 24.1 Å². The summed E-state index contributed by atoms with van der Waals surface area (Å²) in [5, 5.41) is 14.1. The lowest BCUT2D eigenvalue weighted by atomic mass is 10.0. The average Bonchev–Trinajstić information content (AvgIpc) is 3.28. The van der Waals surface area contributed by atoms with Crippen LogP contribution in [0.5, 0.6) is 0 Å². The summed E-state index contributed by atoms with van der Waals surface area (Å²) < 4.78 is 10.8. The lowest BCUT2D eigenvalue weighted by Gasteiger charge is -2.31. The van der Waals surface area contributed by atoms with Gasteiger partial charge in [0.15, 0.2) is 0 Å². The Morgan fingerprint density at radius 1 is 1.15 bits per heavy atom. The number of nitrogen functional groups attached to an aromatic ring is 1. The average molecular weight is 456 g/mol. The second kappa shape index (κ2) is 12.6. The number of hydrogen-bond acceptors (Lipinski definition) is 6. The van der Waals surface area contributed by atoms with Crippen molar-refractivity contribution in [1.82, 2.24) is 10.2 Å². The molecule has 4 N–H and O–H groups in total. The van der Waals surface area contributed by atoms with E-state index in [1.54, 1.807) is 0 Å². The maximum Gasteiger partial charge on any atom is 0.407 e. The quantitative estimate of drug-likeness (QED) is 0.450. The van der Waals surface area contributed by atoms with Gasteiger partial charge in [-0.3, -0.25) is 4.90 Å². The zero-order chi connectivity index (χ0) is 23.6. The molecular weight excluding hydrogens is 418 g/mol. The highest BCUT2D eigenvalue weighted by molar-refractivity contribution is 5.68. The molecule has 0 spiro atoms. The third-order valence-corrected chi connectivity index (χ3v) is 5.68. The van der Waals surface area contributed by atoms with Crippen molar-refractivity contribution in [3.63, 3.8) is 0 Å². The molecule has 1 heterocycles. The van der Waals surface area contributed by atoms with Gasteiger partial charge in [-0.25, -0.2) is 4.79 Å². The Kier molecular flexibility index (Phi) is 9.54. The predicted molar refractivity (Wildman–Crippen MR) is 130 cm³/mol. The lowest BCUT2D eigenvalue weighted by Crippen LogP contribution is -2.50. The van der Waals surface area contributed by atoms with Crippen LogP contribution in [0.4, 0.5) is 10.5 Å². The normalized spacial score (nSPS) is 17.8. The molecule has 1 aliphatic rings. The van der Waals surface area contributed by atoms with Gasteiger partial charge in [-0.1, -0.05) is 56.3 Å². The van der Waals surface area contributed by atoms with Crippen molar-refractivity contribution in [2.45, 2.75) is 51.5 Å². The van der Waals surface area contributed by atoms with E-state index in [0.29, 0.717) is 45.1 Å². The van der Waals surface area contributed by atoms with E-state index in [0.717, 1.165) is 23.4 Å². The van der Waals surface area contributed by atoms with Crippen LogP contribution in [0.3, 0.4) is 0 Å². The van der Waals surface area contributed by atoms with Crippen molar-refractivity contribution in [2.24, 2.45) is 5.92 Å². The SMILES string of the molecule is CC(C)CN(Cc1ccc(N)cc1)CC(O)C(Cc1ccccc1)NC(=O)OC1CCOC1. The second-order valence-electron chi connectivity index (χ2n) is 9.23. The highest BCUT2D eigenvalue weighted by atomic mass is 16.6. The topological polar surface area (TPSA) is 97.1 Å². The highest BCUT2D eigenvalue weighted by Gasteiger charge is 2.27. The molecule has 3 unspecified atom stereocenters. The van der Waals surface area contributed by atoms with E-state index >= 15 is 0 Å². The van der Waals surface area contributed by atoms with Gasteiger partial charge in [0.25, 0.3) is 0 Å². The minimum absolute atomic E-state index is 0.234. The lowest BCUT2D eigenvalue weighted by molar-refractivity contribution is 0.0531. The Bertz CT molecular complexity index is 838. The number of carbonyl (C=O) groups is 1. The van der Waals surface area contributed by atoms with E-state index in [-0.39, 0.29) is 6.10 Å². The first-order valence-corrected chi connectivity index (χ1v) is 11.7. The molecule has 3 rings (SSSR count). The highest BCUT2D eigenvalue weighted by Crippen LogP contribution is 2.14. The minimum Gasteiger partial charge on any atom is -0.444 e. The first-order valence-electron chi connectivity index (χ1n) is 11.7. The number of aliphatic hydroxyl groups excluding tert-OH is 1. The molecule has 0 saturated carbocycles. The third kappa shape index (κ3) is 8.68. The maximum absolute atomic E-state index is 12.6. The number of rotatable bonds is 11. The van der Waals surface area contributed by atoms with Crippen molar-refractivity contribution < 1.29 is 19.4 Å². The fraction of sp³-hybridized carbons (Fsp3) is 0.500. The van der Waals surface area contributed by atoms with Gasteiger partial charge in [-0.15, -0.1) is 0 Å². The first-order chi connectivity index (χ1) is 15.9. The molecule has 2 aromatic carbocycles. The van der Waals surface area contributed by atoms with Crippen LogP contribution in [-0.2, 0) is 22.4 Å². The van der Waals surface area contributed by atoms with Gasteiger partial charge in [0, 0.05) is 31.7 Å². The molecule has 2 aromatic rings. The second-order valence-corrected chi connectivity index (χ2v) is 9.23. The Morgan fingerprint density at radius 3 is 2.52 bits per heavy atom. The number of hydrogen-bond donors (Lipinski definition) is 3. The molecule has 180 valence electrons. The van der Waals surface area contributed by atoms with Crippen LogP contribution in [0.15, 0.2) is 54.6 Å². The molecule has 0 radical (unpaired) electrons. The first kappa shape index (κ1) is 25.0. The summed E-state index contributed by atoms with van der Waals surface area (Å²) in [5.41, 5.74) is 8.72. The Hall–Kier alpha value is -2.61. The van der Waals surface area contributed by atoms with Crippen LogP contribution >= 0.6 is 0 Å². The molecule has 33 heavy (non-hydrogen) atoms. The van der Waals surface area contributed by atoms with Crippen molar-refractivity contribution in [3.05, 3.63) is 65.7 Å². The number of ether oxygens (including phenoxy) is 2. The molecule has 1 saturated heterocycles. The van der Waals surface area contributed by atoms with Gasteiger partial charge in [0.05, 0.1) is 25.4 Å². The summed E-state index contributed by atoms with van der Waals surface area (Å²) in [5.74, 6) is 0.429. The summed E-state index contributed by atoms with van der Waals surface area (Å²) in [4.78, 5) is 14.8. The van der Waals surface area contributed by atoms with Crippen molar-refractivity contribution >= 4 is 11.8 Å². The van der Waals surface area contributed by atoms with E-state index in [1.165, 1.54) is 0 Å². The largest absolute Gasteiger partial charge is 0.444 e. The van der Waals surface area contributed by atoms with Crippen molar-refractivity contribution in [2.75, 3.05) is 32.0 Å². The predicted octanol–water partition coefficient (Wildman–Crippen LogP) is 3.21. The van der Waals surface area contributed by atoms with Gasteiger partial charge in [-0.05, 0) is 35.6 Å². The zero-order valence-electron chi connectivity index (χ0n) is 19.7. The van der Waals surface area contributed by atoms with Crippen molar-refractivity contribution in [1.29, 1.82) is 0 Å². The van der Waals surface area contributed by atoms with Crippen LogP contribution in [0.2, 0.25) is 0 Å². The molecule has 1 fully saturated rings. The number of amides is 1. The molecule has 1 aliphatic heterocycles. The number of nitrogens with one attached hydrogen (secondary N) is 1. The number of carbonyl (C=O) groups excluding carboxylic acids is 1. The minimum atomic E-state index is -0.773. The molecule has 7 heteroatoms. The molecule has 0 aliphatic carbocycles. The number of nitrogens with zero attached hydrogens (tertiary/aromatic N) is 1. The molecule has 0 bridgehead atoms. The van der Waals surface area contributed by atoms with Gasteiger partial charge >= 0.3 is 6.09 Å². The fourth-order valence-corrected chi connectivity index (χ4v) is 4.09. The smallest absolute Gasteiger partial charge is 0.407 e. The number of nitrogens with two attached hydrogens (primary N) is 1. The van der Waals surface area contributed by atoms with E-state index in [9.17, 15) is 9.90 Å². The number of benzene rings is 2. The Morgan fingerprint density at radius 2 is 1.88 bits per heavy atom. The van der Waals surface area contributed by atoms with Gasteiger partial charge in [0.1, 0.15) is 6.10 Å². The van der Waals surface area contributed by atoms with Gasteiger partial charge < -0.3 is 25.6 Å². The number of anilines is 1. The summed E-state index contributed by atoms with van der Waals surface area (Å²) in [6, 6.07) is 17.2. The van der Waals surface area contributed by atoms with E-state index in [4.69, 9.17) is 15.2 Å². The summed E-state index contributed by atoms with van der Waals surface area (Å²) in [7, 11) is 0. The standard InChI is InChI=1S/C26H37N3O4/c1-19(2)15-29(16-21-8-10-22(27)11-9-21)17-25(30)24(14-20-6-4-3-5-7-20)28-26(31)33-23-12-13-32-18-23/h3-11,19,23-25,30H,12-18,27H2,1-2H3,(H,28,31). The molecule has 1 amide bonds. The van der Waals surface area contributed by atoms with Crippen LogP contribution in [-0.4, -0.2) is 60.7 Å². The van der Waals surface area contributed by atoms with Gasteiger partial charge in [0.2, 0.25) is 0 Å². The molecular formula is C26H37N3O4. The maximum atomic E-state index is 12.6. The van der Waals surface area contributed by atoms with E-state index < -0.39 is 18.2 Å². The van der Waals surface area contributed by atoms with Crippen LogP contribution in [0, 0.1) is 5.92 Å². The summed E-state index contributed by atoms with van der Waals surface area (Å²) >= 11 is 0. The van der Waals surface area contributed by atoms with Crippen LogP contribution < -0.4 is 11.1 Å². The van der Waals surface area contributed by atoms with Crippen molar-refractivity contribution in [3.8, 4) is 0 Å². The van der Waals surface area contributed by atoms with Crippen LogP contribution in [0.25, 0.3) is 0 Å². The summed E-state index contributed by atoms with van der Waals surface area (Å²) in [6.07, 6.45) is -0.314.